The van der Waals surface area contributed by atoms with Crippen molar-refractivity contribution in [3.05, 3.63) is 78.4 Å². The van der Waals surface area contributed by atoms with E-state index in [1.54, 1.807) is 12.1 Å². The Labute approximate surface area is 152 Å². The highest BCUT2D eigenvalue weighted by molar-refractivity contribution is 7.89. The van der Waals surface area contributed by atoms with E-state index in [9.17, 15) is 18.0 Å². The van der Waals surface area contributed by atoms with Crippen molar-refractivity contribution >= 4 is 21.8 Å². The molecule has 0 aliphatic rings. The molecule has 8 heteroatoms. The van der Waals surface area contributed by atoms with Crippen LogP contribution in [0.3, 0.4) is 0 Å². The molecule has 2 rings (SSSR count). The lowest BCUT2D eigenvalue weighted by atomic mass is 10.1. The molecular weight excluding hydrogens is 354 g/mol. The van der Waals surface area contributed by atoms with E-state index in [4.69, 9.17) is 0 Å². The van der Waals surface area contributed by atoms with Crippen LogP contribution in [0.25, 0.3) is 0 Å². The summed E-state index contributed by atoms with van der Waals surface area (Å²) in [7, 11) is -3.74. The Morgan fingerprint density at radius 1 is 1.00 bits per heavy atom. The maximum absolute atomic E-state index is 12.1. The first-order valence-electron chi connectivity index (χ1n) is 7.76. The number of hydrogen-bond donors (Lipinski definition) is 3. The lowest BCUT2D eigenvalue weighted by molar-refractivity contribution is -0.121. The molecule has 0 spiro atoms. The Kier molecular flexibility index (Phi) is 6.65. The summed E-state index contributed by atoms with van der Waals surface area (Å²) in [4.78, 5) is 23.9. The molecule has 2 aromatic carbocycles. The summed E-state index contributed by atoms with van der Waals surface area (Å²) >= 11 is 0. The molecule has 0 radical (unpaired) electrons. The largest absolute Gasteiger partial charge is 0.273 e. The van der Waals surface area contributed by atoms with Gasteiger partial charge in [0.25, 0.3) is 5.91 Å². The first-order valence-corrected chi connectivity index (χ1v) is 9.24. The normalized spacial score (nSPS) is 10.8. The molecule has 26 heavy (non-hydrogen) atoms. The van der Waals surface area contributed by atoms with E-state index in [2.05, 4.69) is 22.2 Å². The summed E-state index contributed by atoms with van der Waals surface area (Å²) in [6.45, 7) is 3.52. The van der Waals surface area contributed by atoms with Crippen molar-refractivity contribution in [2.75, 3.05) is 6.54 Å². The summed E-state index contributed by atoms with van der Waals surface area (Å²) in [6, 6.07) is 14.6. The minimum absolute atomic E-state index is 0.0531. The van der Waals surface area contributed by atoms with Gasteiger partial charge in [-0.1, -0.05) is 42.5 Å². The van der Waals surface area contributed by atoms with Gasteiger partial charge in [-0.25, -0.2) is 13.1 Å². The van der Waals surface area contributed by atoms with Crippen molar-refractivity contribution in [1.82, 2.24) is 15.6 Å². The van der Waals surface area contributed by atoms with Crippen LogP contribution in [0.2, 0.25) is 0 Å². The molecular formula is C18H19N3O4S. The number of rotatable bonds is 7. The van der Waals surface area contributed by atoms with Gasteiger partial charge in [0.15, 0.2) is 0 Å². The predicted octanol–water partition coefficient (Wildman–Crippen LogP) is 1.15. The summed E-state index contributed by atoms with van der Waals surface area (Å²) in [5, 5.41) is 0. The quantitative estimate of drug-likeness (QED) is 0.500. The smallest absolute Gasteiger partial charge is 0.269 e. The van der Waals surface area contributed by atoms with Crippen LogP contribution < -0.4 is 15.6 Å². The zero-order valence-electron chi connectivity index (χ0n) is 13.9. The van der Waals surface area contributed by atoms with Crippen molar-refractivity contribution in [3.63, 3.8) is 0 Å². The lowest BCUT2D eigenvalue weighted by Crippen LogP contribution is -2.42. The SMILES string of the molecule is C=CCNS(=O)(=O)c1cccc(C(=O)NNC(=O)Cc2ccccc2)c1. The number of carbonyl (C=O) groups is 2. The van der Waals surface area contributed by atoms with Crippen LogP contribution in [-0.2, 0) is 21.2 Å². The van der Waals surface area contributed by atoms with Crippen LogP contribution in [0.1, 0.15) is 15.9 Å². The maximum Gasteiger partial charge on any atom is 0.269 e. The van der Waals surface area contributed by atoms with E-state index in [0.717, 1.165) is 5.56 Å². The fourth-order valence-electron chi connectivity index (χ4n) is 2.08. The van der Waals surface area contributed by atoms with Gasteiger partial charge in [-0.3, -0.25) is 20.4 Å². The molecule has 0 saturated carbocycles. The van der Waals surface area contributed by atoms with Gasteiger partial charge in [0.05, 0.1) is 11.3 Å². The molecule has 136 valence electrons. The Bertz CT molecular complexity index is 896. The average Bonchev–Trinajstić information content (AvgIpc) is 2.65. The number of hydrazine groups is 1. The van der Waals surface area contributed by atoms with E-state index < -0.39 is 15.9 Å². The highest BCUT2D eigenvalue weighted by Crippen LogP contribution is 2.11. The topological polar surface area (TPSA) is 104 Å². The average molecular weight is 373 g/mol. The minimum atomic E-state index is -3.74. The van der Waals surface area contributed by atoms with Crippen LogP contribution in [-0.4, -0.2) is 26.8 Å². The predicted molar refractivity (Wildman–Crippen MR) is 97.6 cm³/mol. The molecule has 0 aliphatic heterocycles. The highest BCUT2D eigenvalue weighted by Gasteiger charge is 2.15. The van der Waals surface area contributed by atoms with E-state index >= 15 is 0 Å². The molecule has 0 atom stereocenters. The highest BCUT2D eigenvalue weighted by atomic mass is 32.2. The second kappa shape index (κ2) is 8.93. The van der Waals surface area contributed by atoms with E-state index in [1.807, 2.05) is 18.2 Å². The first-order chi connectivity index (χ1) is 12.4. The monoisotopic (exact) mass is 373 g/mol. The second-order valence-electron chi connectivity index (χ2n) is 5.33. The standard InChI is InChI=1S/C18H19N3O4S/c1-2-11-19-26(24,25)16-10-6-9-15(13-16)18(23)21-20-17(22)12-14-7-4-3-5-8-14/h2-10,13,19H,1,11-12H2,(H,20,22)(H,21,23). The summed E-state index contributed by atoms with van der Waals surface area (Å²) in [5.41, 5.74) is 5.49. The summed E-state index contributed by atoms with van der Waals surface area (Å²) in [6.07, 6.45) is 1.53. The number of hydrogen-bond acceptors (Lipinski definition) is 4. The maximum atomic E-state index is 12.1. The van der Waals surface area contributed by atoms with Crippen LogP contribution in [0, 0.1) is 0 Å². The number of nitrogens with one attached hydrogen (secondary N) is 3. The zero-order valence-corrected chi connectivity index (χ0v) is 14.8. The number of sulfonamides is 1. The van der Waals surface area contributed by atoms with E-state index in [1.165, 1.54) is 30.3 Å². The summed E-state index contributed by atoms with van der Waals surface area (Å²) < 4.78 is 26.5. The molecule has 0 fully saturated rings. The van der Waals surface area contributed by atoms with Crippen molar-refractivity contribution < 1.29 is 18.0 Å². The number of carbonyl (C=O) groups excluding carboxylic acids is 2. The zero-order chi connectivity index (χ0) is 19.0. The molecule has 0 bridgehead atoms. The third-order valence-electron chi connectivity index (χ3n) is 3.35. The molecule has 0 aliphatic carbocycles. The summed E-state index contributed by atoms with van der Waals surface area (Å²) in [5.74, 6) is -1.01. The fourth-order valence-corrected chi connectivity index (χ4v) is 3.12. The van der Waals surface area contributed by atoms with Crippen LogP contribution in [0.15, 0.2) is 72.1 Å². The van der Waals surface area contributed by atoms with Gasteiger partial charge in [-0.15, -0.1) is 6.58 Å². The Morgan fingerprint density at radius 3 is 2.42 bits per heavy atom. The van der Waals surface area contributed by atoms with Crippen molar-refractivity contribution in [3.8, 4) is 0 Å². The molecule has 0 heterocycles. The van der Waals surface area contributed by atoms with E-state index in [0.29, 0.717) is 0 Å². The van der Waals surface area contributed by atoms with Crippen molar-refractivity contribution in [1.29, 1.82) is 0 Å². The van der Waals surface area contributed by atoms with Gasteiger partial charge in [0.1, 0.15) is 0 Å². The fraction of sp³-hybridized carbons (Fsp3) is 0.111. The molecule has 7 nitrogen and oxygen atoms in total. The molecule has 0 saturated heterocycles. The van der Waals surface area contributed by atoms with Crippen LogP contribution in [0.4, 0.5) is 0 Å². The Morgan fingerprint density at radius 2 is 1.73 bits per heavy atom. The molecule has 0 unspecified atom stereocenters. The van der Waals surface area contributed by atoms with Crippen LogP contribution in [0.5, 0.6) is 0 Å². The molecule has 3 N–H and O–H groups in total. The third-order valence-corrected chi connectivity index (χ3v) is 4.77. The van der Waals surface area contributed by atoms with Gasteiger partial charge in [-0.05, 0) is 23.8 Å². The first kappa shape index (κ1) is 19.4. The Hall–Kier alpha value is -2.97. The van der Waals surface area contributed by atoms with Gasteiger partial charge in [-0.2, -0.15) is 0 Å². The molecule has 0 aromatic heterocycles. The van der Waals surface area contributed by atoms with Crippen molar-refractivity contribution in [2.45, 2.75) is 11.3 Å². The van der Waals surface area contributed by atoms with Crippen LogP contribution >= 0.6 is 0 Å². The molecule has 2 aromatic rings. The van der Waals surface area contributed by atoms with Gasteiger partial charge >= 0.3 is 0 Å². The van der Waals surface area contributed by atoms with Gasteiger partial charge in [0, 0.05) is 12.1 Å². The van der Waals surface area contributed by atoms with E-state index in [-0.39, 0.29) is 29.3 Å². The minimum Gasteiger partial charge on any atom is -0.273 e. The molecule has 2 amide bonds. The third kappa shape index (κ3) is 5.54. The lowest BCUT2D eigenvalue weighted by Gasteiger charge is -2.09. The van der Waals surface area contributed by atoms with Crippen molar-refractivity contribution in [2.24, 2.45) is 0 Å². The second-order valence-corrected chi connectivity index (χ2v) is 7.10. The number of benzene rings is 2. The van der Waals surface area contributed by atoms with Gasteiger partial charge < -0.3 is 0 Å². The van der Waals surface area contributed by atoms with Gasteiger partial charge in [0.2, 0.25) is 15.9 Å². The number of amides is 2. The Balaban J connectivity index is 1.98.